The summed E-state index contributed by atoms with van der Waals surface area (Å²) >= 11 is 9.06. The van der Waals surface area contributed by atoms with E-state index in [0.29, 0.717) is 16.0 Å². The van der Waals surface area contributed by atoms with Gasteiger partial charge in [-0.15, -0.1) is 0 Å². The molecule has 1 aromatic heterocycles. The SMILES string of the molecule is O=S(=O)(Nc1nn(Cc2ccc(F)cc2)cc1Br)c1ccc(Cl)cc1. The van der Waals surface area contributed by atoms with Crippen LogP contribution in [0, 0.1) is 5.82 Å². The quantitative estimate of drug-likeness (QED) is 0.638. The zero-order valence-electron chi connectivity index (χ0n) is 12.7. The fraction of sp³-hybridized carbons (Fsp3) is 0.0625. The zero-order valence-corrected chi connectivity index (χ0v) is 15.8. The number of sulfonamides is 1. The van der Waals surface area contributed by atoms with Crippen LogP contribution in [0.3, 0.4) is 0 Å². The van der Waals surface area contributed by atoms with E-state index in [0.717, 1.165) is 5.56 Å². The van der Waals surface area contributed by atoms with Crippen molar-refractivity contribution in [3.05, 3.63) is 75.6 Å². The van der Waals surface area contributed by atoms with Crippen LogP contribution in [0.4, 0.5) is 10.2 Å². The van der Waals surface area contributed by atoms with Gasteiger partial charge in [-0.1, -0.05) is 23.7 Å². The predicted octanol–water partition coefficient (Wildman–Crippen LogP) is 4.29. The summed E-state index contributed by atoms with van der Waals surface area (Å²) in [4.78, 5) is 0.0804. The molecule has 0 aliphatic rings. The average Bonchev–Trinajstić information content (AvgIpc) is 2.89. The Labute approximate surface area is 157 Å². The fourth-order valence-corrected chi connectivity index (χ4v) is 3.81. The summed E-state index contributed by atoms with van der Waals surface area (Å²) < 4.78 is 42.2. The zero-order chi connectivity index (χ0) is 18.0. The molecule has 1 heterocycles. The molecule has 2 aromatic carbocycles. The molecular formula is C16H12BrClFN3O2S. The molecule has 0 fully saturated rings. The molecule has 3 aromatic rings. The van der Waals surface area contributed by atoms with Crippen molar-refractivity contribution in [2.75, 3.05) is 4.72 Å². The molecule has 0 aliphatic carbocycles. The molecule has 0 aliphatic heterocycles. The number of nitrogens with zero attached hydrogens (tertiary/aromatic N) is 2. The second kappa shape index (κ2) is 7.15. The van der Waals surface area contributed by atoms with Crippen LogP contribution < -0.4 is 4.72 Å². The van der Waals surface area contributed by atoms with E-state index in [4.69, 9.17) is 11.6 Å². The lowest BCUT2D eigenvalue weighted by atomic mass is 10.2. The van der Waals surface area contributed by atoms with Gasteiger partial charge in [-0.25, -0.2) is 12.8 Å². The summed E-state index contributed by atoms with van der Waals surface area (Å²) in [5.41, 5.74) is 0.837. The van der Waals surface area contributed by atoms with Crippen LogP contribution in [0.1, 0.15) is 5.56 Å². The van der Waals surface area contributed by atoms with Crippen molar-refractivity contribution < 1.29 is 12.8 Å². The van der Waals surface area contributed by atoms with E-state index in [2.05, 4.69) is 25.8 Å². The molecule has 0 amide bonds. The molecule has 25 heavy (non-hydrogen) atoms. The van der Waals surface area contributed by atoms with Gasteiger partial charge in [-0.3, -0.25) is 9.40 Å². The lowest BCUT2D eigenvalue weighted by Crippen LogP contribution is -2.14. The summed E-state index contributed by atoms with van der Waals surface area (Å²) in [6.07, 6.45) is 1.64. The summed E-state index contributed by atoms with van der Waals surface area (Å²) in [7, 11) is -3.78. The number of anilines is 1. The Hall–Kier alpha value is -1.90. The standard InChI is InChI=1S/C16H12BrClFN3O2S/c17-15-10-22(9-11-1-5-13(19)6-2-11)20-16(15)21-25(23,24)14-7-3-12(18)4-8-14/h1-8,10H,9H2,(H,20,21). The van der Waals surface area contributed by atoms with Crippen molar-refractivity contribution in [1.82, 2.24) is 9.78 Å². The van der Waals surface area contributed by atoms with Gasteiger partial charge in [-0.2, -0.15) is 5.10 Å². The van der Waals surface area contributed by atoms with Gasteiger partial charge >= 0.3 is 0 Å². The number of hydrogen-bond acceptors (Lipinski definition) is 3. The van der Waals surface area contributed by atoms with Gasteiger partial charge in [0.05, 0.1) is 15.9 Å². The maximum absolute atomic E-state index is 13.0. The van der Waals surface area contributed by atoms with Crippen LogP contribution >= 0.6 is 27.5 Å². The second-order valence-corrected chi connectivity index (χ2v) is 8.18. The molecule has 0 unspecified atom stereocenters. The van der Waals surface area contributed by atoms with Crippen LogP contribution in [-0.2, 0) is 16.6 Å². The number of hydrogen-bond donors (Lipinski definition) is 1. The summed E-state index contributed by atoms with van der Waals surface area (Å²) in [6, 6.07) is 11.8. The molecule has 0 saturated carbocycles. The van der Waals surface area contributed by atoms with Crippen molar-refractivity contribution in [2.24, 2.45) is 0 Å². The van der Waals surface area contributed by atoms with E-state index in [9.17, 15) is 12.8 Å². The third kappa shape index (κ3) is 4.39. The molecule has 3 rings (SSSR count). The Balaban J connectivity index is 1.80. The van der Waals surface area contributed by atoms with Gasteiger partial charge in [0.1, 0.15) is 5.82 Å². The van der Waals surface area contributed by atoms with E-state index in [-0.39, 0.29) is 16.5 Å². The number of nitrogens with one attached hydrogen (secondary N) is 1. The monoisotopic (exact) mass is 443 g/mol. The molecule has 9 heteroatoms. The first-order valence-electron chi connectivity index (χ1n) is 7.09. The van der Waals surface area contributed by atoms with Crippen molar-refractivity contribution in [3.63, 3.8) is 0 Å². The Morgan fingerprint density at radius 3 is 2.40 bits per heavy atom. The van der Waals surface area contributed by atoms with E-state index in [1.807, 2.05) is 0 Å². The minimum Gasteiger partial charge on any atom is -0.265 e. The number of aromatic nitrogens is 2. The van der Waals surface area contributed by atoms with Crippen LogP contribution in [-0.4, -0.2) is 18.2 Å². The topological polar surface area (TPSA) is 64.0 Å². The highest BCUT2D eigenvalue weighted by atomic mass is 79.9. The second-order valence-electron chi connectivity index (χ2n) is 5.21. The highest BCUT2D eigenvalue weighted by Gasteiger charge is 2.18. The molecule has 0 saturated heterocycles. The highest BCUT2D eigenvalue weighted by molar-refractivity contribution is 9.10. The van der Waals surface area contributed by atoms with E-state index >= 15 is 0 Å². The Morgan fingerprint density at radius 2 is 1.76 bits per heavy atom. The summed E-state index contributed by atoms with van der Waals surface area (Å²) in [5.74, 6) is -0.154. The van der Waals surface area contributed by atoms with Crippen molar-refractivity contribution in [1.29, 1.82) is 0 Å². The summed E-state index contributed by atoms with van der Waals surface area (Å²) in [5, 5.41) is 4.66. The van der Waals surface area contributed by atoms with E-state index in [1.165, 1.54) is 36.4 Å². The number of benzene rings is 2. The van der Waals surface area contributed by atoms with E-state index < -0.39 is 10.0 Å². The lowest BCUT2D eigenvalue weighted by Gasteiger charge is -2.06. The summed E-state index contributed by atoms with van der Waals surface area (Å²) in [6.45, 7) is 0.377. The Bertz CT molecular complexity index is 989. The first kappa shape index (κ1) is 17.9. The smallest absolute Gasteiger partial charge is 0.263 e. The maximum atomic E-state index is 13.0. The van der Waals surface area contributed by atoms with Crippen molar-refractivity contribution >= 4 is 43.4 Å². The van der Waals surface area contributed by atoms with Gasteiger partial charge in [0.15, 0.2) is 5.82 Å². The predicted molar refractivity (Wildman–Crippen MR) is 97.7 cm³/mol. The van der Waals surface area contributed by atoms with Crippen LogP contribution in [0.15, 0.2) is 64.1 Å². The maximum Gasteiger partial charge on any atom is 0.263 e. The third-order valence-electron chi connectivity index (χ3n) is 3.33. The molecule has 0 spiro atoms. The molecule has 0 bridgehead atoms. The molecule has 0 radical (unpaired) electrons. The molecule has 0 atom stereocenters. The average molecular weight is 445 g/mol. The third-order valence-corrected chi connectivity index (χ3v) is 5.52. The fourth-order valence-electron chi connectivity index (χ4n) is 2.12. The van der Waals surface area contributed by atoms with Crippen molar-refractivity contribution in [2.45, 2.75) is 11.4 Å². The first-order chi connectivity index (χ1) is 11.8. The molecule has 1 N–H and O–H groups in total. The van der Waals surface area contributed by atoms with Gasteiger partial charge in [-0.05, 0) is 57.9 Å². The molecular weight excluding hydrogens is 433 g/mol. The lowest BCUT2D eigenvalue weighted by molar-refractivity contribution is 0.600. The number of halogens is 3. The van der Waals surface area contributed by atoms with Gasteiger partial charge in [0.25, 0.3) is 10.0 Å². The van der Waals surface area contributed by atoms with Crippen LogP contribution in [0.5, 0.6) is 0 Å². The Kier molecular flexibility index (Phi) is 5.12. The van der Waals surface area contributed by atoms with Crippen molar-refractivity contribution in [3.8, 4) is 0 Å². The highest BCUT2D eigenvalue weighted by Crippen LogP contribution is 2.24. The first-order valence-corrected chi connectivity index (χ1v) is 9.75. The van der Waals surface area contributed by atoms with Gasteiger partial charge in [0.2, 0.25) is 0 Å². The molecule has 5 nitrogen and oxygen atoms in total. The van der Waals surface area contributed by atoms with E-state index in [1.54, 1.807) is 23.0 Å². The number of rotatable bonds is 5. The Morgan fingerprint density at radius 1 is 1.12 bits per heavy atom. The normalized spacial score (nSPS) is 11.5. The minimum atomic E-state index is -3.78. The van der Waals surface area contributed by atoms with Crippen LogP contribution in [0.2, 0.25) is 5.02 Å². The molecule has 130 valence electrons. The van der Waals surface area contributed by atoms with Gasteiger partial charge in [0, 0.05) is 11.2 Å². The van der Waals surface area contributed by atoms with Crippen LogP contribution in [0.25, 0.3) is 0 Å². The van der Waals surface area contributed by atoms with Gasteiger partial charge < -0.3 is 0 Å². The largest absolute Gasteiger partial charge is 0.265 e. The minimum absolute atomic E-state index is 0.0804.